The molecule has 2 aliphatic heterocycles. The summed E-state index contributed by atoms with van der Waals surface area (Å²) in [6.45, 7) is 11.1. The number of rotatable bonds is 6. The average molecular weight is 572 g/mol. The first-order chi connectivity index (χ1) is 18.8. The Labute approximate surface area is 234 Å². The Bertz CT molecular complexity index is 1510. The number of hydrogen-bond donors (Lipinski definition) is 1. The molecule has 1 fully saturated rings. The molecular weight excluding hydrogens is 536 g/mol. The summed E-state index contributed by atoms with van der Waals surface area (Å²) < 4.78 is 55.3. The molecule has 0 amide bonds. The van der Waals surface area contributed by atoms with Crippen molar-refractivity contribution in [2.24, 2.45) is 5.41 Å². The van der Waals surface area contributed by atoms with Gasteiger partial charge in [0, 0.05) is 55.6 Å². The summed E-state index contributed by atoms with van der Waals surface area (Å²) >= 11 is 0. The van der Waals surface area contributed by atoms with Crippen LogP contribution in [0, 0.1) is 17.0 Å². The summed E-state index contributed by atoms with van der Waals surface area (Å²) in [6.07, 6.45) is 4.58. The summed E-state index contributed by atoms with van der Waals surface area (Å²) in [5, 5.41) is 3.00. The van der Waals surface area contributed by atoms with Gasteiger partial charge in [0.1, 0.15) is 17.3 Å². The predicted molar refractivity (Wildman–Crippen MR) is 154 cm³/mol. The maximum absolute atomic E-state index is 15.4. The third-order valence-electron chi connectivity index (χ3n) is 7.44. The lowest BCUT2D eigenvalue weighted by Crippen LogP contribution is -2.48. The van der Waals surface area contributed by atoms with E-state index in [-0.39, 0.29) is 28.9 Å². The largest absolute Gasteiger partial charge is 0.368 e. The van der Waals surface area contributed by atoms with Crippen LogP contribution in [0.1, 0.15) is 33.3 Å². The quantitative estimate of drug-likeness (QED) is 0.464. The molecule has 0 bridgehead atoms. The number of nitrogens with zero attached hydrogens (tertiary/aromatic N) is 6. The van der Waals surface area contributed by atoms with E-state index in [4.69, 9.17) is 0 Å². The zero-order chi connectivity index (χ0) is 28.8. The first-order valence-electron chi connectivity index (χ1n) is 13.4. The van der Waals surface area contributed by atoms with Gasteiger partial charge in [-0.25, -0.2) is 32.2 Å². The molecule has 1 N–H and O–H groups in total. The van der Waals surface area contributed by atoms with Crippen LogP contribution in [-0.4, -0.2) is 72.7 Å². The maximum Gasteiger partial charge on any atom is 0.229 e. The third kappa shape index (κ3) is 5.87. The van der Waals surface area contributed by atoms with Gasteiger partial charge in [0.2, 0.25) is 16.0 Å². The standard InChI is InChI=1S/C28H35F2N7O2S/c1-18(2)37-17-28(3,4)14-21-22(29)12-19(13-24(21)37)26-23(30)16-32-27(34-26)33-25-7-6-20(15-31-25)35-8-10-36(11-9-35)40(5,38)39/h6-7,12-13,15-16,18H,8-11,14,17H2,1-5H3,(H,31,32,33,34). The number of sulfonamides is 1. The molecule has 214 valence electrons. The highest BCUT2D eigenvalue weighted by Crippen LogP contribution is 2.41. The monoisotopic (exact) mass is 571 g/mol. The summed E-state index contributed by atoms with van der Waals surface area (Å²) in [5.41, 5.74) is 2.55. The Morgan fingerprint density at radius 3 is 2.35 bits per heavy atom. The number of benzene rings is 1. The van der Waals surface area contributed by atoms with E-state index in [1.54, 1.807) is 12.3 Å². The van der Waals surface area contributed by atoms with Crippen LogP contribution < -0.4 is 15.1 Å². The second-order valence-electron chi connectivity index (χ2n) is 11.6. The van der Waals surface area contributed by atoms with Crippen LogP contribution in [0.25, 0.3) is 11.3 Å². The zero-order valence-electron chi connectivity index (χ0n) is 23.4. The van der Waals surface area contributed by atoms with Crippen molar-refractivity contribution in [3.05, 3.63) is 53.9 Å². The van der Waals surface area contributed by atoms with Gasteiger partial charge in [0.05, 0.1) is 24.3 Å². The van der Waals surface area contributed by atoms with Crippen molar-refractivity contribution in [2.75, 3.05) is 54.1 Å². The molecular formula is C28H35F2N7O2S. The van der Waals surface area contributed by atoms with E-state index in [2.05, 4.69) is 57.8 Å². The van der Waals surface area contributed by atoms with Crippen molar-refractivity contribution in [1.82, 2.24) is 19.3 Å². The summed E-state index contributed by atoms with van der Waals surface area (Å²) in [7, 11) is -3.20. The number of fused-ring (bicyclic) bond motifs is 1. The van der Waals surface area contributed by atoms with E-state index in [1.807, 2.05) is 12.1 Å². The van der Waals surface area contributed by atoms with Crippen molar-refractivity contribution >= 4 is 33.2 Å². The van der Waals surface area contributed by atoms with Gasteiger partial charge in [-0.2, -0.15) is 4.31 Å². The number of piperazine rings is 1. The van der Waals surface area contributed by atoms with Gasteiger partial charge < -0.3 is 15.1 Å². The van der Waals surface area contributed by atoms with Crippen molar-refractivity contribution < 1.29 is 17.2 Å². The van der Waals surface area contributed by atoms with E-state index in [0.29, 0.717) is 49.5 Å². The number of nitrogens with one attached hydrogen (secondary N) is 1. The fraction of sp³-hybridized carbons (Fsp3) is 0.464. The Morgan fingerprint density at radius 1 is 1.00 bits per heavy atom. The van der Waals surface area contributed by atoms with Crippen molar-refractivity contribution in [3.8, 4) is 11.3 Å². The minimum absolute atomic E-state index is 0.00751. The predicted octanol–water partition coefficient (Wildman–Crippen LogP) is 4.44. The molecule has 0 spiro atoms. The van der Waals surface area contributed by atoms with Crippen molar-refractivity contribution in [1.29, 1.82) is 0 Å². The molecule has 3 aromatic rings. The Hall–Kier alpha value is -3.38. The van der Waals surface area contributed by atoms with E-state index in [1.165, 1.54) is 16.6 Å². The molecule has 5 rings (SSSR count). The van der Waals surface area contributed by atoms with Crippen molar-refractivity contribution in [3.63, 3.8) is 0 Å². The topological polar surface area (TPSA) is 94.6 Å². The molecule has 0 unspecified atom stereocenters. The summed E-state index contributed by atoms with van der Waals surface area (Å²) in [5.74, 6) is -0.416. The lowest BCUT2D eigenvalue weighted by molar-refractivity contribution is 0.332. The number of pyridine rings is 1. The Morgan fingerprint density at radius 2 is 1.73 bits per heavy atom. The van der Waals surface area contributed by atoms with Gasteiger partial charge in [0.25, 0.3) is 0 Å². The van der Waals surface area contributed by atoms with E-state index in [0.717, 1.165) is 24.1 Å². The highest BCUT2D eigenvalue weighted by Gasteiger charge is 2.34. The minimum atomic E-state index is -3.20. The van der Waals surface area contributed by atoms with Gasteiger partial charge in [-0.1, -0.05) is 13.8 Å². The molecule has 0 atom stereocenters. The fourth-order valence-corrected chi connectivity index (χ4v) is 6.23. The third-order valence-corrected chi connectivity index (χ3v) is 8.74. The van der Waals surface area contributed by atoms with Gasteiger partial charge >= 0.3 is 0 Å². The molecule has 0 aliphatic carbocycles. The Kier molecular flexibility index (Phi) is 7.43. The van der Waals surface area contributed by atoms with Crippen molar-refractivity contribution in [2.45, 2.75) is 40.2 Å². The van der Waals surface area contributed by atoms with Gasteiger partial charge in [-0.3, -0.25) is 0 Å². The molecule has 1 saturated heterocycles. The van der Waals surface area contributed by atoms with Crippen LogP contribution in [0.2, 0.25) is 0 Å². The molecule has 2 aromatic heterocycles. The molecule has 1 aromatic carbocycles. The van der Waals surface area contributed by atoms with Crippen LogP contribution in [0.4, 0.5) is 31.9 Å². The second kappa shape index (κ2) is 10.5. The lowest BCUT2D eigenvalue weighted by atomic mass is 9.80. The molecule has 12 heteroatoms. The van der Waals surface area contributed by atoms with Crippen LogP contribution >= 0.6 is 0 Å². The fourth-order valence-electron chi connectivity index (χ4n) is 5.40. The average Bonchev–Trinajstić information content (AvgIpc) is 2.89. The molecule has 2 aliphatic rings. The molecule has 0 radical (unpaired) electrons. The van der Waals surface area contributed by atoms with E-state index in [9.17, 15) is 12.8 Å². The smallest absolute Gasteiger partial charge is 0.229 e. The minimum Gasteiger partial charge on any atom is -0.368 e. The number of aromatic nitrogens is 3. The highest BCUT2D eigenvalue weighted by molar-refractivity contribution is 7.88. The van der Waals surface area contributed by atoms with Crippen LogP contribution in [0.15, 0.2) is 36.7 Å². The first kappa shape index (κ1) is 28.2. The maximum atomic E-state index is 15.4. The van der Waals surface area contributed by atoms with Crippen LogP contribution in [-0.2, 0) is 16.4 Å². The zero-order valence-corrected chi connectivity index (χ0v) is 24.3. The van der Waals surface area contributed by atoms with Crippen LogP contribution in [0.5, 0.6) is 0 Å². The summed E-state index contributed by atoms with van der Waals surface area (Å²) in [4.78, 5) is 17.1. The molecule has 4 heterocycles. The van der Waals surface area contributed by atoms with E-state index < -0.39 is 15.8 Å². The molecule has 0 saturated carbocycles. The lowest BCUT2D eigenvalue weighted by Gasteiger charge is -2.43. The SMILES string of the molecule is CC(C)N1CC(C)(C)Cc2c(F)cc(-c3nc(Nc4ccc(N5CCN(S(C)(=O)=O)CC5)cn4)ncc3F)cc21. The van der Waals surface area contributed by atoms with Gasteiger partial charge in [0.15, 0.2) is 5.82 Å². The van der Waals surface area contributed by atoms with Gasteiger partial charge in [-0.15, -0.1) is 0 Å². The highest BCUT2D eigenvalue weighted by atomic mass is 32.2. The van der Waals surface area contributed by atoms with E-state index >= 15 is 4.39 Å². The molecule has 9 nitrogen and oxygen atoms in total. The number of halogens is 2. The number of hydrogen-bond acceptors (Lipinski definition) is 8. The normalized spacial score (nSPS) is 17.7. The second-order valence-corrected chi connectivity index (χ2v) is 13.6. The molecule has 40 heavy (non-hydrogen) atoms. The summed E-state index contributed by atoms with van der Waals surface area (Å²) in [6, 6.07) is 6.95. The Balaban J connectivity index is 1.36. The number of anilines is 4. The van der Waals surface area contributed by atoms with Crippen LogP contribution in [0.3, 0.4) is 0 Å². The first-order valence-corrected chi connectivity index (χ1v) is 15.2. The van der Waals surface area contributed by atoms with Gasteiger partial charge in [-0.05, 0) is 49.9 Å².